The molecule has 1 aliphatic rings. The molecule has 0 spiro atoms. The second-order valence-electron chi connectivity index (χ2n) is 13.4. The summed E-state index contributed by atoms with van der Waals surface area (Å²) in [5, 5.41) is 5.54. The Labute approximate surface area is 306 Å². The Kier molecular flexibility index (Phi) is 13.0. The largest absolute Gasteiger partial charge is 0.448 e. The van der Waals surface area contributed by atoms with E-state index in [0.717, 1.165) is 0 Å². The van der Waals surface area contributed by atoms with Crippen LogP contribution in [-0.2, 0) is 20.8 Å². The topological polar surface area (TPSA) is 133 Å². The van der Waals surface area contributed by atoms with Crippen LogP contribution in [0.4, 0.5) is 29.0 Å². The highest BCUT2D eigenvalue weighted by atomic mass is 35.5. The number of pyridine rings is 1. The van der Waals surface area contributed by atoms with Crippen LogP contribution in [0.5, 0.6) is 0 Å². The molecule has 0 aliphatic carbocycles. The number of thiol groups is 1. The van der Waals surface area contributed by atoms with E-state index in [1.165, 1.54) is 48.5 Å². The highest BCUT2D eigenvalue weighted by Crippen LogP contribution is 2.30. The van der Waals surface area contributed by atoms with E-state index in [0.29, 0.717) is 42.5 Å². The molecule has 2 atom stereocenters. The van der Waals surface area contributed by atoms with Gasteiger partial charge in [-0.15, -0.1) is 0 Å². The zero-order chi connectivity index (χ0) is 37.5. The van der Waals surface area contributed by atoms with Crippen LogP contribution in [0.3, 0.4) is 0 Å². The number of nitrogens with one attached hydrogen (secondary N) is 2. The number of hydrogen-bond acceptors (Lipinski definition) is 8. The maximum Gasteiger partial charge on any atom is 0.412 e. The molecule has 0 saturated carbocycles. The number of urea groups is 1. The van der Waals surface area contributed by atoms with Crippen molar-refractivity contribution in [3.05, 3.63) is 70.9 Å². The van der Waals surface area contributed by atoms with Gasteiger partial charge in [-0.2, -0.15) is 12.6 Å². The van der Waals surface area contributed by atoms with E-state index in [-0.39, 0.29) is 42.7 Å². The summed E-state index contributed by atoms with van der Waals surface area (Å²) in [7, 11) is 1.52. The molecule has 1 aliphatic heterocycles. The minimum Gasteiger partial charge on any atom is -0.448 e. The van der Waals surface area contributed by atoms with E-state index >= 15 is 0 Å². The Morgan fingerprint density at radius 1 is 1.02 bits per heavy atom. The standard InChI is InChI=1S/C35H43ClF2N6O6S/c1-34(2,3)50-33(48)44-15-13-43(14-16-44)29(45)11-12-35(4,42(5)31(46)40-20-23-7-6-8-26(38)30(23)36)27(51)21-49-32(47)41-28-18-24-17-25(37)10-9-22(24)19-39-28/h6-10,17-19,27,51H,11-16,20-21H2,1-5H3,(H,40,46)(H,39,41,47)/t27?,35-/m1/s1. The predicted octanol–water partition coefficient (Wildman–Crippen LogP) is 6.47. The Balaban J connectivity index is 1.42. The molecule has 0 bridgehead atoms. The Morgan fingerprint density at radius 2 is 1.71 bits per heavy atom. The minimum atomic E-state index is -1.16. The third-order valence-electron chi connectivity index (χ3n) is 8.67. The van der Waals surface area contributed by atoms with E-state index < -0.39 is 46.2 Å². The van der Waals surface area contributed by atoms with Crippen molar-refractivity contribution in [3.8, 4) is 0 Å². The van der Waals surface area contributed by atoms with Gasteiger partial charge < -0.3 is 29.5 Å². The normalized spacial score (nSPS) is 15.1. The fourth-order valence-corrected chi connectivity index (χ4v) is 5.97. The van der Waals surface area contributed by atoms with Gasteiger partial charge in [-0.3, -0.25) is 10.1 Å². The van der Waals surface area contributed by atoms with Crippen molar-refractivity contribution in [2.45, 2.75) is 63.5 Å². The number of aromatic nitrogens is 1. The maximum atomic E-state index is 14.0. The van der Waals surface area contributed by atoms with E-state index in [1.807, 2.05) is 0 Å². The number of nitrogens with zero attached hydrogens (tertiary/aromatic N) is 4. The van der Waals surface area contributed by atoms with Crippen LogP contribution >= 0.6 is 24.2 Å². The van der Waals surface area contributed by atoms with E-state index in [2.05, 4.69) is 15.6 Å². The Bertz CT molecular complexity index is 1760. The zero-order valence-electron chi connectivity index (χ0n) is 29.2. The Morgan fingerprint density at radius 3 is 2.39 bits per heavy atom. The average Bonchev–Trinajstić information content (AvgIpc) is 3.08. The monoisotopic (exact) mass is 748 g/mol. The lowest BCUT2D eigenvalue weighted by Crippen LogP contribution is -2.58. The van der Waals surface area contributed by atoms with Gasteiger partial charge in [0, 0.05) is 57.8 Å². The molecule has 4 rings (SSSR count). The number of carbonyl (C=O) groups is 4. The molecule has 0 radical (unpaired) electrons. The fraction of sp³-hybridized carbons (Fsp3) is 0.457. The highest BCUT2D eigenvalue weighted by Gasteiger charge is 2.40. The summed E-state index contributed by atoms with van der Waals surface area (Å²) in [5.74, 6) is -1.11. The number of benzene rings is 2. The first-order valence-electron chi connectivity index (χ1n) is 16.3. The summed E-state index contributed by atoms with van der Waals surface area (Å²) in [4.78, 5) is 60.9. The lowest BCUT2D eigenvalue weighted by atomic mass is 9.89. The van der Waals surface area contributed by atoms with Crippen LogP contribution in [-0.4, -0.2) is 100 Å². The first-order valence-corrected chi connectivity index (χ1v) is 17.2. The van der Waals surface area contributed by atoms with Crippen LogP contribution in [0, 0.1) is 11.6 Å². The minimum absolute atomic E-state index is 0.0110. The first kappa shape index (κ1) is 39.4. The summed E-state index contributed by atoms with van der Waals surface area (Å²) in [6.07, 6.45) is 0.326. The van der Waals surface area contributed by atoms with Crippen LogP contribution in [0.2, 0.25) is 5.02 Å². The third-order valence-corrected chi connectivity index (χ3v) is 9.79. The molecule has 16 heteroatoms. The van der Waals surface area contributed by atoms with E-state index in [9.17, 15) is 28.0 Å². The van der Waals surface area contributed by atoms with Crippen molar-refractivity contribution in [3.63, 3.8) is 0 Å². The third kappa shape index (κ3) is 10.6. The van der Waals surface area contributed by atoms with Crippen molar-refractivity contribution in [2.75, 3.05) is 45.2 Å². The molecular formula is C35H43ClF2N6O6S. The molecule has 2 heterocycles. The maximum absolute atomic E-state index is 14.0. The van der Waals surface area contributed by atoms with Gasteiger partial charge in [0.05, 0.1) is 15.8 Å². The van der Waals surface area contributed by atoms with Crippen LogP contribution in [0.1, 0.15) is 46.1 Å². The molecule has 12 nitrogen and oxygen atoms in total. The molecule has 51 heavy (non-hydrogen) atoms. The molecular weight excluding hydrogens is 706 g/mol. The lowest BCUT2D eigenvalue weighted by molar-refractivity contribution is -0.133. The molecule has 1 aromatic heterocycles. The van der Waals surface area contributed by atoms with E-state index in [4.69, 9.17) is 33.7 Å². The van der Waals surface area contributed by atoms with Crippen molar-refractivity contribution in [1.82, 2.24) is 25.0 Å². The number of halogens is 3. The quantitative estimate of drug-likeness (QED) is 0.203. The molecule has 5 amide bonds. The van der Waals surface area contributed by atoms with Gasteiger partial charge in [-0.05, 0) is 75.4 Å². The predicted molar refractivity (Wildman–Crippen MR) is 193 cm³/mol. The van der Waals surface area contributed by atoms with Crippen molar-refractivity contribution < 1.29 is 37.4 Å². The molecule has 1 saturated heterocycles. The number of rotatable bonds is 10. The number of carbonyl (C=O) groups excluding carboxylic acids is 4. The second-order valence-corrected chi connectivity index (χ2v) is 14.4. The van der Waals surface area contributed by atoms with Crippen LogP contribution in [0.15, 0.2) is 48.7 Å². The zero-order valence-corrected chi connectivity index (χ0v) is 30.8. The number of anilines is 1. The summed E-state index contributed by atoms with van der Waals surface area (Å²) in [6.45, 7) is 7.95. The first-order chi connectivity index (χ1) is 24.0. The lowest BCUT2D eigenvalue weighted by Gasteiger charge is -2.43. The van der Waals surface area contributed by atoms with Crippen molar-refractivity contribution in [2.24, 2.45) is 0 Å². The average molecular weight is 749 g/mol. The molecule has 2 N–H and O–H groups in total. The summed E-state index contributed by atoms with van der Waals surface area (Å²) < 4.78 is 38.6. The van der Waals surface area contributed by atoms with Gasteiger partial charge in [0.25, 0.3) is 0 Å². The highest BCUT2D eigenvalue weighted by molar-refractivity contribution is 7.81. The van der Waals surface area contributed by atoms with Gasteiger partial charge in [0.2, 0.25) is 5.91 Å². The van der Waals surface area contributed by atoms with Gasteiger partial charge in [0.1, 0.15) is 29.7 Å². The fourth-order valence-electron chi connectivity index (χ4n) is 5.40. The van der Waals surface area contributed by atoms with Gasteiger partial charge >= 0.3 is 18.2 Å². The number of hydrogen-bond donors (Lipinski definition) is 3. The van der Waals surface area contributed by atoms with Crippen molar-refractivity contribution in [1.29, 1.82) is 0 Å². The SMILES string of the molecule is CN(C(=O)NCc1cccc(F)c1Cl)[C@](C)(CCC(=O)N1CCN(C(=O)OC(C)(C)C)CC1)C(S)COC(=O)Nc1cc2cc(F)ccc2cn1. The molecule has 3 aromatic rings. The smallest absolute Gasteiger partial charge is 0.412 e. The molecule has 1 unspecified atom stereocenters. The summed E-state index contributed by atoms with van der Waals surface area (Å²) in [5.41, 5.74) is -1.43. The number of ether oxygens (including phenoxy) is 2. The summed E-state index contributed by atoms with van der Waals surface area (Å²) >= 11 is 10.8. The van der Waals surface area contributed by atoms with Gasteiger partial charge in [0.15, 0.2) is 0 Å². The number of piperazine rings is 1. The second kappa shape index (κ2) is 16.8. The van der Waals surface area contributed by atoms with E-state index in [1.54, 1.807) is 49.6 Å². The van der Waals surface area contributed by atoms with Gasteiger partial charge in [-0.25, -0.2) is 28.1 Å². The number of amides is 5. The summed E-state index contributed by atoms with van der Waals surface area (Å²) in [6, 6.07) is 9.41. The van der Waals surface area contributed by atoms with Crippen LogP contribution < -0.4 is 10.6 Å². The van der Waals surface area contributed by atoms with Crippen molar-refractivity contribution >= 4 is 64.9 Å². The number of fused-ring (bicyclic) bond motifs is 1. The molecule has 1 fully saturated rings. The molecule has 276 valence electrons. The van der Waals surface area contributed by atoms with Gasteiger partial charge in [-0.1, -0.05) is 23.7 Å². The Hall–Kier alpha value is -4.37. The van der Waals surface area contributed by atoms with Crippen LogP contribution in [0.25, 0.3) is 10.8 Å². The molecule has 2 aromatic carbocycles.